The predicted octanol–water partition coefficient (Wildman–Crippen LogP) is 1.97. The van der Waals surface area contributed by atoms with Gasteiger partial charge >= 0.3 is 0 Å². The van der Waals surface area contributed by atoms with Gasteiger partial charge in [0.2, 0.25) is 0 Å². The van der Waals surface area contributed by atoms with Crippen LogP contribution in [0.4, 0.5) is 0 Å². The number of rotatable bonds is 8. The van der Waals surface area contributed by atoms with Crippen molar-refractivity contribution in [1.29, 1.82) is 0 Å². The molecular formula is C11H21NO. The van der Waals surface area contributed by atoms with Crippen molar-refractivity contribution in [3.05, 3.63) is 12.2 Å². The SMILES string of the molecule is C=C(CC)CNCCOCC1CC1. The Morgan fingerprint density at radius 2 is 2.31 bits per heavy atom. The summed E-state index contributed by atoms with van der Waals surface area (Å²) in [4.78, 5) is 0. The van der Waals surface area contributed by atoms with Crippen molar-refractivity contribution < 1.29 is 4.74 Å². The second kappa shape index (κ2) is 6.17. The molecule has 1 N–H and O–H groups in total. The quantitative estimate of drug-likeness (QED) is 0.459. The summed E-state index contributed by atoms with van der Waals surface area (Å²) in [7, 11) is 0. The van der Waals surface area contributed by atoms with Gasteiger partial charge in [-0.05, 0) is 25.2 Å². The van der Waals surface area contributed by atoms with Crippen molar-refractivity contribution in [2.75, 3.05) is 26.3 Å². The Labute approximate surface area is 81.4 Å². The highest BCUT2D eigenvalue weighted by Crippen LogP contribution is 2.28. The van der Waals surface area contributed by atoms with Gasteiger partial charge in [0.05, 0.1) is 6.61 Å². The Morgan fingerprint density at radius 1 is 1.54 bits per heavy atom. The second-order valence-corrected chi connectivity index (χ2v) is 3.80. The zero-order valence-electron chi connectivity index (χ0n) is 8.64. The molecule has 0 heterocycles. The molecule has 0 aliphatic heterocycles. The van der Waals surface area contributed by atoms with E-state index < -0.39 is 0 Å². The molecule has 2 nitrogen and oxygen atoms in total. The molecule has 1 aliphatic carbocycles. The normalized spacial score (nSPS) is 16.1. The number of hydrogen-bond donors (Lipinski definition) is 1. The largest absolute Gasteiger partial charge is 0.380 e. The minimum atomic E-state index is 0.841. The van der Waals surface area contributed by atoms with Gasteiger partial charge in [-0.15, -0.1) is 0 Å². The lowest BCUT2D eigenvalue weighted by Crippen LogP contribution is -2.22. The summed E-state index contributed by atoms with van der Waals surface area (Å²) in [5, 5.41) is 3.31. The van der Waals surface area contributed by atoms with Crippen molar-refractivity contribution in [2.24, 2.45) is 5.92 Å². The van der Waals surface area contributed by atoms with E-state index >= 15 is 0 Å². The van der Waals surface area contributed by atoms with E-state index in [0.29, 0.717) is 0 Å². The molecule has 1 aliphatic rings. The van der Waals surface area contributed by atoms with Crippen LogP contribution in [0.15, 0.2) is 12.2 Å². The highest BCUT2D eigenvalue weighted by atomic mass is 16.5. The third-order valence-electron chi connectivity index (χ3n) is 2.35. The van der Waals surface area contributed by atoms with Gasteiger partial charge in [0, 0.05) is 19.7 Å². The van der Waals surface area contributed by atoms with Crippen LogP contribution in [0, 0.1) is 5.92 Å². The van der Waals surface area contributed by atoms with E-state index in [2.05, 4.69) is 18.8 Å². The molecule has 0 atom stereocenters. The van der Waals surface area contributed by atoms with Crippen LogP contribution >= 0.6 is 0 Å². The van der Waals surface area contributed by atoms with Gasteiger partial charge in [0.25, 0.3) is 0 Å². The fourth-order valence-electron chi connectivity index (χ4n) is 1.07. The second-order valence-electron chi connectivity index (χ2n) is 3.80. The first-order chi connectivity index (χ1) is 6.33. The van der Waals surface area contributed by atoms with E-state index in [9.17, 15) is 0 Å². The molecule has 0 radical (unpaired) electrons. The van der Waals surface area contributed by atoms with Gasteiger partial charge in [0.15, 0.2) is 0 Å². The third-order valence-corrected chi connectivity index (χ3v) is 2.35. The smallest absolute Gasteiger partial charge is 0.0591 e. The van der Waals surface area contributed by atoms with E-state index in [1.54, 1.807) is 0 Å². The minimum Gasteiger partial charge on any atom is -0.380 e. The van der Waals surface area contributed by atoms with E-state index in [1.807, 2.05) is 0 Å². The Bertz CT molecular complexity index is 152. The highest BCUT2D eigenvalue weighted by molar-refractivity contribution is 4.94. The lowest BCUT2D eigenvalue weighted by Gasteiger charge is -2.06. The molecule has 0 aromatic rings. The third kappa shape index (κ3) is 5.83. The molecule has 0 aromatic carbocycles. The summed E-state index contributed by atoms with van der Waals surface area (Å²) >= 11 is 0. The molecule has 0 aromatic heterocycles. The zero-order chi connectivity index (χ0) is 9.52. The van der Waals surface area contributed by atoms with Gasteiger partial charge in [-0.25, -0.2) is 0 Å². The first-order valence-corrected chi connectivity index (χ1v) is 5.28. The number of ether oxygens (including phenoxy) is 1. The van der Waals surface area contributed by atoms with Crippen LogP contribution in [0.3, 0.4) is 0 Å². The summed E-state index contributed by atoms with van der Waals surface area (Å²) in [6.45, 7) is 9.75. The molecule has 0 amide bonds. The van der Waals surface area contributed by atoms with Crippen LogP contribution < -0.4 is 5.32 Å². The van der Waals surface area contributed by atoms with Crippen molar-refractivity contribution in [3.8, 4) is 0 Å². The summed E-state index contributed by atoms with van der Waals surface area (Å²) in [5.41, 5.74) is 1.27. The van der Waals surface area contributed by atoms with E-state index in [0.717, 1.165) is 38.6 Å². The van der Waals surface area contributed by atoms with Crippen molar-refractivity contribution >= 4 is 0 Å². The average Bonchev–Trinajstić information content (AvgIpc) is 2.94. The molecule has 1 rings (SSSR count). The summed E-state index contributed by atoms with van der Waals surface area (Å²) in [6, 6.07) is 0. The molecule has 2 heteroatoms. The molecule has 0 spiro atoms. The number of nitrogens with one attached hydrogen (secondary N) is 1. The van der Waals surface area contributed by atoms with Crippen LogP contribution in [-0.4, -0.2) is 26.3 Å². The monoisotopic (exact) mass is 183 g/mol. The molecular weight excluding hydrogens is 162 g/mol. The van der Waals surface area contributed by atoms with Gasteiger partial charge in [0.1, 0.15) is 0 Å². The fourth-order valence-corrected chi connectivity index (χ4v) is 1.07. The van der Waals surface area contributed by atoms with Gasteiger partial charge < -0.3 is 10.1 Å². The molecule has 13 heavy (non-hydrogen) atoms. The molecule has 1 saturated carbocycles. The molecule has 0 saturated heterocycles. The van der Waals surface area contributed by atoms with Crippen LogP contribution in [-0.2, 0) is 4.74 Å². The maximum atomic E-state index is 5.48. The van der Waals surface area contributed by atoms with Crippen LogP contribution in [0.1, 0.15) is 26.2 Å². The lowest BCUT2D eigenvalue weighted by atomic mass is 10.2. The van der Waals surface area contributed by atoms with Crippen molar-refractivity contribution in [2.45, 2.75) is 26.2 Å². The molecule has 0 bridgehead atoms. The lowest BCUT2D eigenvalue weighted by molar-refractivity contribution is 0.127. The maximum absolute atomic E-state index is 5.48. The van der Waals surface area contributed by atoms with Crippen LogP contribution in [0.25, 0.3) is 0 Å². The van der Waals surface area contributed by atoms with Crippen LogP contribution in [0.2, 0.25) is 0 Å². The first kappa shape index (κ1) is 10.7. The van der Waals surface area contributed by atoms with Gasteiger partial charge in [-0.3, -0.25) is 0 Å². The molecule has 1 fully saturated rings. The zero-order valence-corrected chi connectivity index (χ0v) is 8.64. The standard InChI is InChI=1S/C11H21NO/c1-3-10(2)8-12-6-7-13-9-11-4-5-11/h11-12H,2-9H2,1H3. The van der Waals surface area contributed by atoms with E-state index in [1.165, 1.54) is 18.4 Å². The predicted molar refractivity (Wildman–Crippen MR) is 55.8 cm³/mol. The average molecular weight is 183 g/mol. The summed E-state index contributed by atoms with van der Waals surface area (Å²) < 4.78 is 5.48. The molecule has 76 valence electrons. The van der Waals surface area contributed by atoms with Gasteiger partial charge in [-0.2, -0.15) is 0 Å². The van der Waals surface area contributed by atoms with Gasteiger partial charge in [-0.1, -0.05) is 19.1 Å². The maximum Gasteiger partial charge on any atom is 0.0591 e. The Kier molecular flexibility index (Phi) is 5.09. The van der Waals surface area contributed by atoms with E-state index in [4.69, 9.17) is 4.74 Å². The minimum absolute atomic E-state index is 0.841. The van der Waals surface area contributed by atoms with Crippen molar-refractivity contribution in [1.82, 2.24) is 5.32 Å². The molecule has 0 unspecified atom stereocenters. The van der Waals surface area contributed by atoms with Crippen LogP contribution in [0.5, 0.6) is 0 Å². The Morgan fingerprint density at radius 3 is 2.92 bits per heavy atom. The Balaban J connectivity index is 1.75. The topological polar surface area (TPSA) is 21.3 Å². The summed E-state index contributed by atoms with van der Waals surface area (Å²) in [5.74, 6) is 0.880. The Hall–Kier alpha value is -0.340. The fraction of sp³-hybridized carbons (Fsp3) is 0.818. The summed E-state index contributed by atoms with van der Waals surface area (Å²) in [6.07, 6.45) is 3.82. The van der Waals surface area contributed by atoms with E-state index in [-0.39, 0.29) is 0 Å². The highest BCUT2D eigenvalue weighted by Gasteiger charge is 2.20. The number of hydrogen-bond acceptors (Lipinski definition) is 2. The van der Waals surface area contributed by atoms with Crippen molar-refractivity contribution in [3.63, 3.8) is 0 Å². The first-order valence-electron chi connectivity index (χ1n) is 5.28.